The Bertz CT molecular complexity index is 1550. The number of benzene rings is 2. The van der Waals surface area contributed by atoms with E-state index in [1.54, 1.807) is 35.0 Å². The lowest BCUT2D eigenvalue weighted by Crippen LogP contribution is -2.46. The molecule has 0 radical (unpaired) electrons. The Hall–Kier alpha value is -3.80. The number of aromatic nitrogens is 3. The maximum absolute atomic E-state index is 11.8. The minimum atomic E-state index is -3.28. The van der Waals surface area contributed by atoms with Crippen molar-refractivity contribution in [3.63, 3.8) is 0 Å². The summed E-state index contributed by atoms with van der Waals surface area (Å²) >= 11 is 0. The number of fused-ring (bicyclic) bond motifs is 1. The second-order valence-corrected chi connectivity index (χ2v) is 11.4. The number of aliphatic hydroxyl groups excluding tert-OH is 1. The smallest absolute Gasteiger partial charge is 0.247 e. The number of carbonyl (C=O) groups is 1. The Morgan fingerprint density at radius 1 is 1.16 bits per heavy atom. The van der Waals surface area contributed by atoms with Crippen molar-refractivity contribution in [2.75, 3.05) is 31.2 Å². The molecule has 5 rings (SSSR count). The van der Waals surface area contributed by atoms with Crippen LogP contribution in [0.5, 0.6) is 0 Å². The van der Waals surface area contributed by atoms with Gasteiger partial charge in [-0.3, -0.25) is 9.69 Å². The molecule has 37 heavy (non-hydrogen) atoms. The molecule has 192 valence electrons. The van der Waals surface area contributed by atoms with Gasteiger partial charge in [-0.1, -0.05) is 24.3 Å². The lowest BCUT2D eigenvalue weighted by molar-refractivity contribution is -0.119. The van der Waals surface area contributed by atoms with Crippen molar-refractivity contribution in [1.29, 1.82) is 0 Å². The number of amides is 1. The molecule has 4 aromatic rings. The Morgan fingerprint density at radius 2 is 1.95 bits per heavy atom. The molecule has 1 saturated heterocycles. The molecule has 0 saturated carbocycles. The van der Waals surface area contributed by atoms with Gasteiger partial charge in [0.05, 0.1) is 17.5 Å². The van der Waals surface area contributed by atoms with Gasteiger partial charge >= 0.3 is 0 Å². The monoisotopic (exact) mass is 520 g/mol. The zero-order valence-corrected chi connectivity index (χ0v) is 21.1. The fourth-order valence-electron chi connectivity index (χ4n) is 4.79. The van der Waals surface area contributed by atoms with Gasteiger partial charge in [-0.2, -0.15) is 4.98 Å². The standard InChI is InChI=1S/C26H28N6O4S/c1-37(35,36)20-9-7-17(8-10-20)22-6-3-12-32-25(22)29-26(30-32)28-19-5-2-4-18(14-19)21-11-13-31(15-23(21)33)16-24(27)34/h2-10,12,14,21,23,33H,11,13,15-16H2,1H3,(H2,27,34)(H,28,30)/t21-,23-/m1/s1. The van der Waals surface area contributed by atoms with E-state index in [0.29, 0.717) is 31.1 Å². The fourth-order valence-corrected chi connectivity index (χ4v) is 5.42. The van der Waals surface area contributed by atoms with Crippen LogP contribution >= 0.6 is 0 Å². The SMILES string of the molecule is CS(=O)(=O)c1ccc(-c2cccn3nc(Nc4cccc([C@H]5CCN(CC(N)=O)C[C@H]5O)c4)nc23)cc1. The van der Waals surface area contributed by atoms with Crippen LogP contribution in [0.3, 0.4) is 0 Å². The Morgan fingerprint density at radius 3 is 2.65 bits per heavy atom. The van der Waals surface area contributed by atoms with E-state index in [1.807, 2.05) is 41.3 Å². The van der Waals surface area contributed by atoms with Crippen molar-refractivity contribution >= 4 is 33.0 Å². The molecule has 11 heteroatoms. The van der Waals surface area contributed by atoms with Gasteiger partial charge in [0.1, 0.15) is 0 Å². The van der Waals surface area contributed by atoms with Crippen molar-refractivity contribution in [1.82, 2.24) is 19.5 Å². The summed E-state index contributed by atoms with van der Waals surface area (Å²) in [6, 6.07) is 18.3. The number of nitrogens with two attached hydrogens (primary N) is 1. The molecular weight excluding hydrogens is 492 g/mol. The molecule has 4 N–H and O–H groups in total. The Labute approximate surface area is 214 Å². The summed E-state index contributed by atoms with van der Waals surface area (Å²) in [5.41, 5.74) is 9.36. The number of aliphatic hydroxyl groups is 1. The van der Waals surface area contributed by atoms with Crippen molar-refractivity contribution in [3.8, 4) is 11.1 Å². The number of piperidine rings is 1. The predicted molar refractivity (Wildman–Crippen MR) is 140 cm³/mol. The van der Waals surface area contributed by atoms with E-state index < -0.39 is 21.8 Å². The van der Waals surface area contributed by atoms with Gasteiger partial charge in [0.2, 0.25) is 11.9 Å². The Balaban J connectivity index is 1.36. The third-order valence-electron chi connectivity index (χ3n) is 6.57. The minimum absolute atomic E-state index is 0.0542. The first-order valence-corrected chi connectivity index (χ1v) is 13.8. The number of hydrogen-bond donors (Lipinski definition) is 3. The average molecular weight is 521 g/mol. The molecule has 2 aromatic heterocycles. The van der Waals surface area contributed by atoms with Gasteiger partial charge in [0.25, 0.3) is 0 Å². The molecule has 1 aliphatic heterocycles. The molecule has 0 bridgehead atoms. The van der Waals surface area contributed by atoms with Gasteiger partial charge in [0.15, 0.2) is 15.5 Å². The van der Waals surface area contributed by atoms with Gasteiger partial charge < -0.3 is 16.2 Å². The van der Waals surface area contributed by atoms with E-state index in [4.69, 9.17) is 5.73 Å². The topological polar surface area (TPSA) is 143 Å². The number of anilines is 2. The molecule has 2 atom stereocenters. The van der Waals surface area contributed by atoms with Gasteiger partial charge in [-0.25, -0.2) is 12.9 Å². The molecule has 1 fully saturated rings. The van der Waals surface area contributed by atoms with E-state index in [9.17, 15) is 18.3 Å². The maximum Gasteiger partial charge on any atom is 0.247 e. The van der Waals surface area contributed by atoms with E-state index in [2.05, 4.69) is 15.4 Å². The molecule has 0 spiro atoms. The summed E-state index contributed by atoms with van der Waals surface area (Å²) in [6.07, 6.45) is 3.09. The zero-order chi connectivity index (χ0) is 26.2. The first-order valence-electron chi connectivity index (χ1n) is 11.9. The largest absolute Gasteiger partial charge is 0.391 e. The van der Waals surface area contributed by atoms with Crippen LogP contribution in [0.1, 0.15) is 17.9 Å². The summed E-state index contributed by atoms with van der Waals surface area (Å²) in [5, 5.41) is 18.5. The summed E-state index contributed by atoms with van der Waals surface area (Å²) in [6.45, 7) is 1.23. The minimum Gasteiger partial charge on any atom is -0.391 e. The molecule has 3 heterocycles. The second-order valence-electron chi connectivity index (χ2n) is 9.34. The van der Waals surface area contributed by atoms with Crippen molar-refractivity contribution in [2.45, 2.75) is 23.3 Å². The summed E-state index contributed by atoms with van der Waals surface area (Å²) in [5.74, 6) is -0.0403. The highest BCUT2D eigenvalue weighted by atomic mass is 32.2. The normalized spacial score (nSPS) is 18.6. The number of β-amino-alcohol motifs (C(OH)–C–C–N with tert-alkyl or cyclic N) is 1. The number of rotatable bonds is 7. The molecular formula is C26H28N6O4S. The number of likely N-dealkylation sites (tertiary alicyclic amines) is 1. The van der Waals surface area contributed by atoms with Crippen molar-refractivity contribution < 1.29 is 18.3 Å². The van der Waals surface area contributed by atoms with Gasteiger partial charge in [-0.05, 0) is 60.5 Å². The highest BCUT2D eigenvalue weighted by Crippen LogP contribution is 2.31. The average Bonchev–Trinajstić information content (AvgIpc) is 3.26. The number of primary amides is 1. The van der Waals surface area contributed by atoms with Crippen LogP contribution in [0.15, 0.2) is 71.8 Å². The summed E-state index contributed by atoms with van der Waals surface area (Å²) in [4.78, 5) is 18.0. The van der Waals surface area contributed by atoms with Gasteiger partial charge in [0, 0.05) is 36.2 Å². The molecule has 2 aromatic carbocycles. The third kappa shape index (κ3) is 5.48. The van der Waals surface area contributed by atoms with Gasteiger partial charge in [-0.15, -0.1) is 5.10 Å². The number of pyridine rings is 1. The van der Waals surface area contributed by atoms with Crippen molar-refractivity contribution in [3.05, 3.63) is 72.4 Å². The highest BCUT2D eigenvalue weighted by Gasteiger charge is 2.29. The van der Waals surface area contributed by atoms with E-state index >= 15 is 0 Å². The van der Waals surface area contributed by atoms with E-state index in [0.717, 1.165) is 22.4 Å². The molecule has 1 aliphatic rings. The number of carbonyl (C=O) groups excluding carboxylic acids is 1. The summed E-state index contributed by atoms with van der Waals surface area (Å²) in [7, 11) is -3.28. The van der Waals surface area contributed by atoms with Crippen LogP contribution < -0.4 is 11.1 Å². The highest BCUT2D eigenvalue weighted by molar-refractivity contribution is 7.90. The number of nitrogens with one attached hydrogen (secondary N) is 1. The lowest BCUT2D eigenvalue weighted by Gasteiger charge is -2.35. The fraction of sp³-hybridized carbons (Fsp3) is 0.269. The molecule has 1 amide bonds. The zero-order valence-electron chi connectivity index (χ0n) is 20.3. The second kappa shape index (κ2) is 9.92. The molecule has 0 aliphatic carbocycles. The van der Waals surface area contributed by atoms with Crippen LogP contribution in [0.4, 0.5) is 11.6 Å². The third-order valence-corrected chi connectivity index (χ3v) is 7.70. The van der Waals surface area contributed by atoms with Crippen LogP contribution in [0.2, 0.25) is 0 Å². The number of nitrogens with zero attached hydrogens (tertiary/aromatic N) is 4. The quantitative estimate of drug-likeness (QED) is 0.337. The van der Waals surface area contributed by atoms with Crippen LogP contribution in [-0.2, 0) is 14.6 Å². The van der Waals surface area contributed by atoms with Crippen LogP contribution in [-0.4, -0.2) is 70.9 Å². The molecule has 0 unspecified atom stereocenters. The number of sulfone groups is 1. The van der Waals surface area contributed by atoms with Crippen LogP contribution in [0.25, 0.3) is 16.8 Å². The molecule has 10 nitrogen and oxygen atoms in total. The summed E-state index contributed by atoms with van der Waals surface area (Å²) < 4.78 is 25.3. The first kappa shape index (κ1) is 24.9. The van der Waals surface area contributed by atoms with Crippen LogP contribution in [0, 0.1) is 0 Å². The van der Waals surface area contributed by atoms with Crippen molar-refractivity contribution in [2.24, 2.45) is 5.73 Å². The number of hydrogen-bond acceptors (Lipinski definition) is 8. The van der Waals surface area contributed by atoms with E-state index in [1.165, 1.54) is 6.26 Å². The Kier molecular flexibility index (Phi) is 6.67. The predicted octanol–water partition coefficient (Wildman–Crippen LogP) is 2.18. The first-order chi connectivity index (χ1) is 17.7. The maximum atomic E-state index is 11.8. The lowest BCUT2D eigenvalue weighted by atomic mass is 9.87. The van der Waals surface area contributed by atoms with E-state index in [-0.39, 0.29) is 17.4 Å².